The minimum Gasteiger partial charge on any atom is -0.358 e. The molecule has 0 N–H and O–H groups in total. The second kappa shape index (κ2) is 4.99. The molecule has 0 unspecified atom stereocenters. The van der Waals surface area contributed by atoms with E-state index in [0.717, 1.165) is 54.7 Å². The first kappa shape index (κ1) is 13.9. The van der Waals surface area contributed by atoms with Gasteiger partial charge in [-0.25, -0.2) is 9.97 Å². The van der Waals surface area contributed by atoms with Gasteiger partial charge in [-0.05, 0) is 37.8 Å². The molecule has 2 aromatic heterocycles. The van der Waals surface area contributed by atoms with Crippen LogP contribution in [-0.4, -0.2) is 27.6 Å². The number of rotatable bonds is 0. The third kappa shape index (κ3) is 1.98. The summed E-state index contributed by atoms with van der Waals surface area (Å²) in [5.74, 6) is 1.34. The Bertz CT molecular complexity index is 947. The number of nitrogens with zero attached hydrogens (tertiary/aromatic N) is 4. The summed E-state index contributed by atoms with van der Waals surface area (Å²) in [6, 6.07) is 3.64. The van der Waals surface area contributed by atoms with Gasteiger partial charge in [-0.3, -0.25) is 0 Å². The van der Waals surface area contributed by atoms with E-state index >= 15 is 0 Å². The maximum atomic E-state index is 6.16. The standard InChI is InChI=1S/C17H16Cl2N4/c18-11-8-13-14(9-12(11)19)21-16-15(20-13)10-4-1-2-5-22-6-3-7-23(16)17(10)22/h8-9H,1-7H2. The van der Waals surface area contributed by atoms with Crippen LogP contribution < -0.4 is 4.90 Å². The lowest BCUT2D eigenvalue weighted by Crippen LogP contribution is -2.32. The lowest BCUT2D eigenvalue weighted by molar-refractivity contribution is 0.568. The molecule has 0 aliphatic carbocycles. The van der Waals surface area contributed by atoms with Crippen molar-refractivity contribution in [3.05, 3.63) is 27.7 Å². The average molecular weight is 347 g/mol. The lowest BCUT2D eigenvalue weighted by Gasteiger charge is -2.30. The van der Waals surface area contributed by atoms with Crippen molar-refractivity contribution in [1.29, 1.82) is 0 Å². The van der Waals surface area contributed by atoms with Gasteiger partial charge in [-0.1, -0.05) is 23.2 Å². The van der Waals surface area contributed by atoms with Crippen molar-refractivity contribution in [2.75, 3.05) is 18.0 Å². The predicted octanol–water partition coefficient (Wildman–Crippen LogP) is 4.44. The molecule has 1 aromatic carbocycles. The molecule has 5 rings (SSSR count). The number of halogens is 2. The van der Waals surface area contributed by atoms with Gasteiger partial charge in [0.2, 0.25) is 0 Å². The maximum Gasteiger partial charge on any atom is 0.161 e. The van der Waals surface area contributed by atoms with E-state index in [9.17, 15) is 0 Å². The van der Waals surface area contributed by atoms with Crippen LogP contribution >= 0.6 is 23.2 Å². The molecule has 0 fully saturated rings. The average Bonchev–Trinajstić information content (AvgIpc) is 2.70. The van der Waals surface area contributed by atoms with Crippen molar-refractivity contribution in [1.82, 2.24) is 14.5 Å². The number of aromatic nitrogens is 3. The van der Waals surface area contributed by atoms with Gasteiger partial charge in [0.25, 0.3) is 0 Å². The Kier molecular flexibility index (Phi) is 3.01. The summed E-state index contributed by atoms with van der Waals surface area (Å²) in [6.45, 7) is 3.30. The fraction of sp³-hybridized carbons (Fsp3) is 0.412. The number of fused-ring (bicyclic) bond motifs is 4. The van der Waals surface area contributed by atoms with Gasteiger partial charge < -0.3 is 9.47 Å². The van der Waals surface area contributed by atoms with Gasteiger partial charge in [0.15, 0.2) is 5.65 Å². The molecule has 0 saturated carbocycles. The van der Waals surface area contributed by atoms with E-state index in [2.05, 4.69) is 9.47 Å². The van der Waals surface area contributed by atoms with E-state index < -0.39 is 0 Å². The molecular formula is C17H16Cl2N4. The second-order valence-electron chi connectivity index (χ2n) is 6.40. The number of aryl methyl sites for hydroxylation is 2. The van der Waals surface area contributed by atoms with Gasteiger partial charge in [-0.15, -0.1) is 0 Å². The van der Waals surface area contributed by atoms with Crippen LogP contribution in [0.1, 0.15) is 24.8 Å². The fourth-order valence-corrected chi connectivity index (χ4v) is 4.27. The molecule has 4 heterocycles. The molecule has 2 aliphatic heterocycles. The summed E-state index contributed by atoms with van der Waals surface area (Å²) >= 11 is 12.3. The Morgan fingerprint density at radius 2 is 1.61 bits per heavy atom. The van der Waals surface area contributed by atoms with E-state index in [1.165, 1.54) is 24.2 Å². The SMILES string of the molecule is Clc1cc2nc3c4c5n(c3nc2cc1Cl)CCCN5CCCC4. The molecule has 4 nitrogen and oxygen atoms in total. The number of hydrogen-bond acceptors (Lipinski definition) is 3. The Morgan fingerprint density at radius 1 is 0.870 bits per heavy atom. The minimum atomic E-state index is 0.529. The zero-order valence-electron chi connectivity index (χ0n) is 12.6. The van der Waals surface area contributed by atoms with E-state index in [4.69, 9.17) is 33.2 Å². The molecule has 0 spiro atoms. The first-order chi connectivity index (χ1) is 11.2. The first-order valence-electron chi connectivity index (χ1n) is 8.15. The predicted molar refractivity (Wildman–Crippen MR) is 94.8 cm³/mol. The third-order valence-electron chi connectivity index (χ3n) is 4.97. The largest absolute Gasteiger partial charge is 0.358 e. The smallest absolute Gasteiger partial charge is 0.161 e. The summed E-state index contributed by atoms with van der Waals surface area (Å²) in [5, 5.41) is 1.06. The van der Waals surface area contributed by atoms with Crippen LogP contribution in [0.5, 0.6) is 0 Å². The van der Waals surface area contributed by atoms with Crippen molar-refractivity contribution in [2.45, 2.75) is 32.2 Å². The van der Waals surface area contributed by atoms with Crippen molar-refractivity contribution in [3.63, 3.8) is 0 Å². The molecule has 23 heavy (non-hydrogen) atoms. The van der Waals surface area contributed by atoms with Gasteiger partial charge in [-0.2, -0.15) is 0 Å². The monoisotopic (exact) mass is 346 g/mol. The van der Waals surface area contributed by atoms with E-state index in [1.54, 1.807) is 0 Å². The molecule has 0 atom stereocenters. The number of hydrogen-bond donors (Lipinski definition) is 0. The highest BCUT2D eigenvalue weighted by Crippen LogP contribution is 2.38. The van der Waals surface area contributed by atoms with Crippen LogP contribution in [0, 0.1) is 0 Å². The van der Waals surface area contributed by atoms with Crippen LogP contribution in [0.2, 0.25) is 10.0 Å². The molecule has 3 aromatic rings. The summed E-state index contributed by atoms with van der Waals surface area (Å²) in [4.78, 5) is 12.3. The molecule has 0 saturated heterocycles. The van der Waals surface area contributed by atoms with Gasteiger partial charge >= 0.3 is 0 Å². The summed E-state index contributed by atoms with van der Waals surface area (Å²) in [6.07, 6.45) is 4.70. The van der Waals surface area contributed by atoms with E-state index in [-0.39, 0.29) is 0 Å². The first-order valence-corrected chi connectivity index (χ1v) is 8.91. The second-order valence-corrected chi connectivity index (χ2v) is 7.22. The molecular weight excluding hydrogens is 331 g/mol. The maximum absolute atomic E-state index is 6.16. The summed E-state index contributed by atoms with van der Waals surface area (Å²) in [7, 11) is 0. The van der Waals surface area contributed by atoms with E-state index in [1.807, 2.05) is 12.1 Å². The van der Waals surface area contributed by atoms with Crippen LogP contribution in [-0.2, 0) is 13.0 Å². The van der Waals surface area contributed by atoms with Gasteiger partial charge in [0.05, 0.1) is 21.1 Å². The van der Waals surface area contributed by atoms with Gasteiger partial charge in [0, 0.05) is 25.2 Å². The van der Waals surface area contributed by atoms with Crippen LogP contribution in [0.3, 0.4) is 0 Å². The van der Waals surface area contributed by atoms with Crippen molar-refractivity contribution < 1.29 is 0 Å². The third-order valence-corrected chi connectivity index (χ3v) is 5.69. The Hall–Kier alpha value is -1.52. The molecule has 118 valence electrons. The van der Waals surface area contributed by atoms with Crippen molar-refractivity contribution in [3.8, 4) is 0 Å². The number of anilines is 1. The molecule has 0 radical (unpaired) electrons. The zero-order valence-corrected chi connectivity index (χ0v) is 14.2. The van der Waals surface area contributed by atoms with Crippen LogP contribution in [0.4, 0.5) is 5.82 Å². The highest BCUT2D eigenvalue weighted by Gasteiger charge is 2.28. The summed E-state index contributed by atoms with van der Waals surface area (Å²) < 4.78 is 2.36. The highest BCUT2D eigenvalue weighted by molar-refractivity contribution is 6.42. The normalized spacial score (nSPS) is 17.6. The minimum absolute atomic E-state index is 0.529. The fourth-order valence-electron chi connectivity index (χ4n) is 3.95. The Labute approximate surface area is 144 Å². The highest BCUT2D eigenvalue weighted by atomic mass is 35.5. The quantitative estimate of drug-likeness (QED) is 0.603. The van der Waals surface area contributed by atoms with E-state index in [0.29, 0.717) is 10.0 Å². The van der Waals surface area contributed by atoms with Crippen LogP contribution in [0.25, 0.3) is 22.2 Å². The Balaban J connectivity index is 1.88. The topological polar surface area (TPSA) is 34.0 Å². The molecule has 0 bridgehead atoms. The lowest BCUT2D eigenvalue weighted by atomic mass is 10.1. The summed E-state index contributed by atoms with van der Waals surface area (Å²) in [5.41, 5.74) is 5.03. The molecule has 2 aliphatic rings. The molecule has 6 heteroatoms. The zero-order chi connectivity index (χ0) is 15.6. The van der Waals surface area contributed by atoms with Crippen molar-refractivity contribution in [2.24, 2.45) is 0 Å². The Morgan fingerprint density at radius 3 is 2.43 bits per heavy atom. The van der Waals surface area contributed by atoms with Gasteiger partial charge in [0.1, 0.15) is 11.3 Å². The number of benzene rings is 1. The molecule has 0 amide bonds. The van der Waals surface area contributed by atoms with Crippen LogP contribution in [0.15, 0.2) is 12.1 Å². The van der Waals surface area contributed by atoms with Crippen molar-refractivity contribution >= 4 is 51.2 Å².